The summed E-state index contributed by atoms with van der Waals surface area (Å²) in [6, 6.07) is 12.8. The Morgan fingerprint density at radius 2 is 2.17 bits per heavy atom. The lowest BCUT2D eigenvalue weighted by atomic mass is 10.0. The Bertz CT molecular complexity index is 823. The molecule has 0 spiro atoms. The Balaban J connectivity index is 1.82. The van der Waals surface area contributed by atoms with Crippen LogP contribution < -0.4 is 4.74 Å². The van der Waals surface area contributed by atoms with Crippen LogP contribution in [-0.4, -0.2) is 10.1 Å². The molecular weight excluding hydrogens is 312 g/mol. The van der Waals surface area contributed by atoms with E-state index in [1.165, 1.54) is 0 Å². The standard InChI is InChI=1S/C18H13ClN2O2/c19-14-9-12(11-20)4-6-17(14)23-18-7-5-13(10-16(18)22)15-3-1-2-8-21-15/h1-3,5-10,12,22H,4H2. The van der Waals surface area contributed by atoms with Gasteiger partial charge in [-0.2, -0.15) is 5.26 Å². The molecule has 0 saturated heterocycles. The van der Waals surface area contributed by atoms with Gasteiger partial charge in [0.05, 0.1) is 22.7 Å². The van der Waals surface area contributed by atoms with Gasteiger partial charge in [-0.05, 0) is 48.9 Å². The molecule has 2 aromatic rings. The van der Waals surface area contributed by atoms with Crippen LogP contribution in [0.4, 0.5) is 0 Å². The molecule has 0 bridgehead atoms. The van der Waals surface area contributed by atoms with Crippen LogP contribution in [0.5, 0.6) is 11.5 Å². The van der Waals surface area contributed by atoms with Crippen LogP contribution in [0.3, 0.4) is 0 Å². The number of nitriles is 1. The van der Waals surface area contributed by atoms with Gasteiger partial charge in [0.2, 0.25) is 0 Å². The number of aromatic hydroxyl groups is 1. The number of phenolic OH excluding ortho intramolecular Hbond substituents is 1. The van der Waals surface area contributed by atoms with Crippen LogP contribution in [0.15, 0.2) is 65.5 Å². The molecule has 114 valence electrons. The zero-order chi connectivity index (χ0) is 16.2. The summed E-state index contributed by atoms with van der Waals surface area (Å²) in [7, 11) is 0. The molecule has 1 N–H and O–H groups in total. The lowest BCUT2D eigenvalue weighted by molar-refractivity contribution is 0.387. The smallest absolute Gasteiger partial charge is 0.169 e. The Labute approximate surface area is 138 Å². The van der Waals surface area contributed by atoms with Crippen molar-refractivity contribution in [3.05, 3.63) is 65.5 Å². The number of halogens is 1. The van der Waals surface area contributed by atoms with Crippen molar-refractivity contribution in [3.8, 4) is 28.8 Å². The molecule has 0 radical (unpaired) electrons. The third-order valence-electron chi connectivity index (χ3n) is 3.45. The second kappa shape index (κ2) is 6.55. The summed E-state index contributed by atoms with van der Waals surface area (Å²) in [6.45, 7) is 0. The minimum absolute atomic E-state index is 0.000858. The lowest BCUT2D eigenvalue weighted by Crippen LogP contribution is -2.04. The van der Waals surface area contributed by atoms with Crippen LogP contribution in [-0.2, 0) is 0 Å². The normalized spacial score (nSPS) is 17.0. The topological polar surface area (TPSA) is 66.1 Å². The summed E-state index contributed by atoms with van der Waals surface area (Å²) in [5, 5.41) is 19.4. The zero-order valence-electron chi connectivity index (χ0n) is 12.1. The molecule has 1 aliphatic rings. The van der Waals surface area contributed by atoms with Crippen LogP contribution in [0.1, 0.15) is 6.42 Å². The molecule has 1 atom stereocenters. The molecule has 1 aromatic heterocycles. The van der Waals surface area contributed by atoms with Crippen LogP contribution in [0.2, 0.25) is 0 Å². The first kappa shape index (κ1) is 15.1. The van der Waals surface area contributed by atoms with Crippen LogP contribution >= 0.6 is 11.6 Å². The van der Waals surface area contributed by atoms with Crippen LogP contribution in [0, 0.1) is 17.2 Å². The summed E-state index contributed by atoms with van der Waals surface area (Å²) in [4.78, 5) is 4.24. The SMILES string of the molecule is N#CC1C=C(Cl)C(Oc2ccc(-c3ccccn3)cc2O)=CC1. The number of phenols is 1. The minimum Gasteiger partial charge on any atom is -0.504 e. The van der Waals surface area contributed by atoms with E-state index < -0.39 is 0 Å². The number of benzene rings is 1. The first-order chi connectivity index (χ1) is 11.2. The predicted molar refractivity (Wildman–Crippen MR) is 87.7 cm³/mol. The van der Waals surface area contributed by atoms with Gasteiger partial charge in [0, 0.05) is 11.8 Å². The fourth-order valence-corrected chi connectivity index (χ4v) is 2.52. The van der Waals surface area contributed by atoms with E-state index in [0.717, 1.165) is 11.3 Å². The highest BCUT2D eigenvalue weighted by atomic mass is 35.5. The average Bonchev–Trinajstić information content (AvgIpc) is 2.59. The maximum atomic E-state index is 10.2. The molecule has 0 saturated carbocycles. The van der Waals surface area contributed by atoms with Crippen molar-refractivity contribution in [2.75, 3.05) is 0 Å². The van der Waals surface area contributed by atoms with E-state index in [-0.39, 0.29) is 11.7 Å². The van der Waals surface area contributed by atoms with Crippen LogP contribution in [0.25, 0.3) is 11.3 Å². The fraction of sp³-hybridized carbons (Fsp3) is 0.111. The summed E-state index contributed by atoms with van der Waals surface area (Å²) in [5.74, 6) is 0.507. The number of hydrogen-bond donors (Lipinski definition) is 1. The molecule has 1 heterocycles. The average molecular weight is 325 g/mol. The molecule has 1 aromatic carbocycles. The summed E-state index contributed by atoms with van der Waals surface area (Å²) >= 11 is 6.11. The van der Waals surface area contributed by atoms with E-state index in [4.69, 9.17) is 21.6 Å². The quantitative estimate of drug-likeness (QED) is 0.909. The summed E-state index contributed by atoms with van der Waals surface area (Å²) in [5.41, 5.74) is 1.56. The van der Waals surface area contributed by atoms with Gasteiger partial charge in [-0.25, -0.2) is 0 Å². The molecule has 4 nitrogen and oxygen atoms in total. The van der Waals surface area contributed by atoms with Gasteiger partial charge in [0.1, 0.15) is 5.76 Å². The number of ether oxygens (including phenoxy) is 1. The first-order valence-electron chi connectivity index (χ1n) is 7.07. The van der Waals surface area contributed by atoms with Gasteiger partial charge in [0.25, 0.3) is 0 Å². The number of allylic oxidation sites excluding steroid dienone is 3. The monoisotopic (exact) mass is 324 g/mol. The second-order valence-corrected chi connectivity index (χ2v) is 5.46. The molecule has 0 fully saturated rings. The molecule has 5 heteroatoms. The molecule has 23 heavy (non-hydrogen) atoms. The predicted octanol–water partition coefficient (Wildman–Crippen LogP) is 4.38. The Morgan fingerprint density at radius 1 is 1.30 bits per heavy atom. The highest BCUT2D eigenvalue weighted by molar-refractivity contribution is 6.31. The van der Waals surface area contributed by atoms with E-state index in [1.54, 1.807) is 30.5 Å². The summed E-state index contributed by atoms with van der Waals surface area (Å²) < 4.78 is 5.66. The van der Waals surface area contributed by atoms with Crippen molar-refractivity contribution in [3.63, 3.8) is 0 Å². The van der Waals surface area contributed by atoms with Gasteiger partial charge in [-0.3, -0.25) is 4.98 Å². The number of hydrogen-bond acceptors (Lipinski definition) is 4. The van der Waals surface area contributed by atoms with E-state index in [2.05, 4.69) is 11.1 Å². The molecule has 1 unspecified atom stereocenters. The number of rotatable bonds is 3. The third kappa shape index (κ3) is 3.36. The van der Waals surface area contributed by atoms with Gasteiger partial charge in [-0.15, -0.1) is 0 Å². The maximum Gasteiger partial charge on any atom is 0.169 e. The van der Waals surface area contributed by atoms with Gasteiger partial charge in [-0.1, -0.05) is 17.7 Å². The molecular formula is C18H13ClN2O2. The highest BCUT2D eigenvalue weighted by Crippen LogP contribution is 2.35. The molecule has 0 aliphatic heterocycles. The molecule has 0 amide bonds. The van der Waals surface area contributed by atoms with E-state index in [1.807, 2.05) is 24.3 Å². The first-order valence-corrected chi connectivity index (χ1v) is 7.45. The lowest BCUT2D eigenvalue weighted by Gasteiger charge is -2.16. The van der Waals surface area contributed by atoms with Crippen molar-refractivity contribution in [1.29, 1.82) is 5.26 Å². The third-order valence-corrected chi connectivity index (χ3v) is 3.76. The summed E-state index contributed by atoms with van der Waals surface area (Å²) in [6.07, 6.45) is 5.63. The minimum atomic E-state index is -0.241. The van der Waals surface area contributed by atoms with Crippen molar-refractivity contribution >= 4 is 11.6 Å². The van der Waals surface area contributed by atoms with Gasteiger partial charge < -0.3 is 9.84 Å². The van der Waals surface area contributed by atoms with Crippen molar-refractivity contribution < 1.29 is 9.84 Å². The number of nitrogens with zero attached hydrogens (tertiary/aromatic N) is 2. The van der Waals surface area contributed by atoms with Gasteiger partial charge in [0.15, 0.2) is 11.5 Å². The largest absolute Gasteiger partial charge is 0.504 e. The van der Waals surface area contributed by atoms with Gasteiger partial charge >= 0.3 is 0 Å². The van der Waals surface area contributed by atoms with Crippen molar-refractivity contribution in [1.82, 2.24) is 4.98 Å². The van der Waals surface area contributed by atoms with E-state index in [0.29, 0.717) is 23.0 Å². The van der Waals surface area contributed by atoms with Crippen molar-refractivity contribution in [2.24, 2.45) is 5.92 Å². The van der Waals surface area contributed by atoms with E-state index >= 15 is 0 Å². The molecule has 3 rings (SSSR count). The van der Waals surface area contributed by atoms with E-state index in [9.17, 15) is 5.11 Å². The molecule has 1 aliphatic carbocycles. The fourth-order valence-electron chi connectivity index (χ4n) is 2.25. The van der Waals surface area contributed by atoms with Crippen molar-refractivity contribution in [2.45, 2.75) is 6.42 Å². The Hall–Kier alpha value is -2.77. The zero-order valence-corrected chi connectivity index (χ0v) is 12.9. The highest BCUT2D eigenvalue weighted by Gasteiger charge is 2.17. The number of aromatic nitrogens is 1. The number of pyridine rings is 1. The second-order valence-electron chi connectivity index (χ2n) is 5.05. The Kier molecular flexibility index (Phi) is 4.31. The Morgan fingerprint density at radius 3 is 2.83 bits per heavy atom. The maximum absolute atomic E-state index is 10.2.